The van der Waals surface area contributed by atoms with Crippen LogP contribution in [0.5, 0.6) is 11.5 Å². The highest BCUT2D eigenvalue weighted by atomic mass is 16.5. The highest BCUT2D eigenvalue weighted by molar-refractivity contribution is 5.99. The van der Waals surface area contributed by atoms with Crippen molar-refractivity contribution in [3.05, 3.63) is 114 Å². The molecule has 5 rings (SSSR count). The van der Waals surface area contributed by atoms with Crippen molar-refractivity contribution in [2.45, 2.75) is 26.1 Å². The van der Waals surface area contributed by atoms with E-state index < -0.39 is 6.04 Å². The van der Waals surface area contributed by atoms with Gasteiger partial charge in [-0.15, -0.1) is 5.10 Å². The van der Waals surface area contributed by atoms with Crippen molar-refractivity contribution >= 4 is 28.5 Å². The summed E-state index contributed by atoms with van der Waals surface area (Å²) < 4.78 is 12.4. The molecule has 9 heteroatoms. The average Bonchev–Trinajstić information content (AvgIpc) is 3.41. The van der Waals surface area contributed by atoms with E-state index in [4.69, 9.17) is 9.47 Å². The fourth-order valence-electron chi connectivity index (χ4n) is 4.68. The zero-order valence-electron chi connectivity index (χ0n) is 23.2. The van der Waals surface area contributed by atoms with Gasteiger partial charge in [-0.05, 0) is 42.3 Å². The fourth-order valence-corrected chi connectivity index (χ4v) is 4.68. The molecule has 5 aromatic rings. The summed E-state index contributed by atoms with van der Waals surface area (Å²) >= 11 is 0. The molecule has 0 spiro atoms. The summed E-state index contributed by atoms with van der Waals surface area (Å²) in [7, 11) is 3.08. The lowest BCUT2D eigenvalue weighted by molar-refractivity contribution is -0.140. The van der Waals surface area contributed by atoms with E-state index >= 15 is 0 Å². The first kappa shape index (κ1) is 27.4. The van der Waals surface area contributed by atoms with Crippen LogP contribution in [0, 0.1) is 6.92 Å². The number of hydrogen-bond acceptors (Lipinski definition) is 6. The molecular formula is C32H31N5O4. The van der Waals surface area contributed by atoms with Crippen LogP contribution >= 0.6 is 0 Å². The molecule has 208 valence electrons. The molecule has 4 aromatic carbocycles. The topological polar surface area (TPSA) is 98.6 Å². The molecule has 2 amide bonds. The number of para-hydroxylation sites is 1. The smallest absolute Gasteiger partial charge is 0.251 e. The van der Waals surface area contributed by atoms with Gasteiger partial charge in [0.25, 0.3) is 5.91 Å². The van der Waals surface area contributed by atoms with Gasteiger partial charge < -0.3 is 19.7 Å². The van der Waals surface area contributed by atoms with Crippen LogP contribution in [0.3, 0.4) is 0 Å². The maximum absolute atomic E-state index is 14.1. The first-order valence-electron chi connectivity index (χ1n) is 13.2. The van der Waals surface area contributed by atoms with E-state index in [2.05, 4.69) is 15.6 Å². The lowest BCUT2D eigenvalue weighted by Crippen LogP contribution is -2.42. The van der Waals surface area contributed by atoms with E-state index in [-0.39, 0.29) is 24.9 Å². The number of nitrogens with zero attached hydrogens (tertiary/aromatic N) is 4. The minimum absolute atomic E-state index is 0.0884. The van der Waals surface area contributed by atoms with Crippen LogP contribution in [0.15, 0.2) is 97.1 Å². The van der Waals surface area contributed by atoms with Gasteiger partial charge in [0.05, 0.1) is 25.4 Å². The molecule has 0 radical (unpaired) electrons. The fraction of sp³-hybridized carbons (Fsp3) is 0.188. The van der Waals surface area contributed by atoms with E-state index in [0.717, 1.165) is 16.6 Å². The molecule has 1 N–H and O–H groups in total. The number of methoxy groups -OCH3 is 2. The van der Waals surface area contributed by atoms with Gasteiger partial charge in [0.15, 0.2) is 0 Å². The highest BCUT2D eigenvalue weighted by Gasteiger charge is 2.32. The Morgan fingerprint density at radius 1 is 0.902 bits per heavy atom. The molecule has 9 nitrogen and oxygen atoms in total. The van der Waals surface area contributed by atoms with Crippen LogP contribution in [0.2, 0.25) is 0 Å². The van der Waals surface area contributed by atoms with Gasteiger partial charge in [-0.2, -0.15) is 0 Å². The number of rotatable bonds is 10. The molecule has 1 aromatic heterocycles. The molecule has 0 aliphatic carbocycles. The summed E-state index contributed by atoms with van der Waals surface area (Å²) in [6.07, 6.45) is 0. The third-order valence-corrected chi connectivity index (χ3v) is 6.84. The zero-order chi connectivity index (χ0) is 28.8. The van der Waals surface area contributed by atoms with Gasteiger partial charge in [0.2, 0.25) is 5.91 Å². The Kier molecular flexibility index (Phi) is 8.24. The molecule has 41 heavy (non-hydrogen) atoms. The molecule has 0 aliphatic rings. The van der Waals surface area contributed by atoms with E-state index in [1.165, 1.54) is 7.11 Å². The second kappa shape index (κ2) is 12.3. The number of fused-ring (bicyclic) bond motifs is 1. The Balaban J connectivity index is 1.55. The van der Waals surface area contributed by atoms with Crippen molar-refractivity contribution in [1.29, 1.82) is 0 Å². The first-order valence-corrected chi connectivity index (χ1v) is 13.2. The van der Waals surface area contributed by atoms with E-state index in [1.807, 2.05) is 85.8 Å². The standard InChI is InChI=1S/C32H31N5O4/c1-22-13-15-24(16-14-22)31(32(39)33-27-18-17-25(40-2)19-29(27)41-3)36(20-23-9-5-4-6-10-23)30(38)21-37-28-12-8-7-11-26(28)34-35-37/h4-19,31H,20-21H2,1-3H3,(H,33,39). The largest absolute Gasteiger partial charge is 0.497 e. The number of benzene rings is 4. The number of hydrogen-bond donors (Lipinski definition) is 1. The Bertz CT molecular complexity index is 1650. The normalized spacial score (nSPS) is 11.6. The summed E-state index contributed by atoms with van der Waals surface area (Å²) in [4.78, 5) is 29.9. The minimum atomic E-state index is -0.954. The van der Waals surface area contributed by atoms with Crippen molar-refractivity contribution in [3.63, 3.8) is 0 Å². The van der Waals surface area contributed by atoms with Crippen LogP contribution in [0.1, 0.15) is 22.7 Å². The number of nitrogens with one attached hydrogen (secondary N) is 1. The molecular weight excluding hydrogens is 518 g/mol. The third-order valence-electron chi connectivity index (χ3n) is 6.84. The Morgan fingerprint density at radius 3 is 2.37 bits per heavy atom. The maximum Gasteiger partial charge on any atom is 0.251 e. The van der Waals surface area contributed by atoms with Crippen molar-refractivity contribution in [1.82, 2.24) is 19.9 Å². The van der Waals surface area contributed by atoms with Crippen LogP contribution in [0.4, 0.5) is 5.69 Å². The quantitative estimate of drug-likeness (QED) is 0.258. The summed E-state index contributed by atoms with van der Waals surface area (Å²) in [5.41, 5.74) is 4.49. The second-order valence-corrected chi connectivity index (χ2v) is 9.61. The number of carbonyl (C=O) groups is 2. The predicted octanol–water partition coefficient (Wildman–Crippen LogP) is 5.17. The summed E-state index contributed by atoms with van der Waals surface area (Å²) in [5.74, 6) is 0.364. The van der Waals surface area contributed by atoms with E-state index in [1.54, 1.807) is 34.9 Å². The summed E-state index contributed by atoms with van der Waals surface area (Å²) in [6, 6.07) is 28.9. The molecule has 0 fully saturated rings. The first-order chi connectivity index (χ1) is 20.0. The Labute approximate surface area is 238 Å². The Morgan fingerprint density at radius 2 is 1.63 bits per heavy atom. The molecule has 1 heterocycles. The SMILES string of the molecule is COc1ccc(NC(=O)C(c2ccc(C)cc2)N(Cc2ccccc2)C(=O)Cn2nnc3ccccc32)c(OC)c1. The second-order valence-electron chi connectivity index (χ2n) is 9.61. The van der Waals surface area contributed by atoms with E-state index in [0.29, 0.717) is 28.3 Å². The van der Waals surface area contributed by atoms with Crippen LogP contribution < -0.4 is 14.8 Å². The molecule has 1 atom stereocenters. The van der Waals surface area contributed by atoms with Crippen molar-refractivity contribution in [3.8, 4) is 11.5 Å². The number of ether oxygens (including phenoxy) is 2. The monoisotopic (exact) mass is 549 g/mol. The molecule has 0 saturated heterocycles. The van der Waals surface area contributed by atoms with Crippen LogP contribution in [-0.4, -0.2) is 45.9 Å². The van der Waals surface area contributed by atoms with Gasteiger partial charge >= 0.3 is 0 Å². The minimum Gasteiger partial charge on any atom is -0.497 e. The molecule has 1 unspecified atom stereocenters. The number of anilines is 1. The van der Waals surface area contributed by atoms with Gasteiger partial charge in [-0.1, -0.05) is 77.5 Å². The molecule has 0 saturated carbocycles. The number of aromatic nitrogens is 3. The van der Waals surface area contributed by atoms with Crippen LogP contribution in [0.25, 0.3) is 11.0 Å². The van der Waals surface area contributed by atoms with Crippen LogP contribution in [-0.2, 0) is 22.7 Å². The lowest BCUT2D eigenvalue weighted by Gasteiger charge is -2.32. The highest BCUT2D eigenvalue weighted by Crippen LogP contribution is 2.32. The molecule has 0 aliphatic heterocycles. The van der Waals surface area contributed by atoms with Gasteiger partial charge in [0.1, 0.15) is 29.6 Å². The van der Waals surface area contributed by atoms with E-state index in [9.17, 15) is 9.59 Å². The van der Waals surface area contributed by atoms with Crippen molar-refractivity contribution < 1.29 is 19.1 Å². The van der Waals surface area contributed by atoms with Crippen molar-refractivity contribution in [2.24, 2.45) is 0 Å². The van der Waals surface area contributed by atoms with Crippen molar-refractivity contribution in [2.75, 3.05) is 19.5 Å². The number of amides is 2. The summed E-state index contributed by atoms with van der Waals surface area (Å²) in [5, 5.41) is 11.4. The van der Waals surface area contributed by atoms with Gasteiger partial charge in [0, 0.05) is 12.6 Å². The maximum atomic E-state index is 14.1. The third kappa shape index (κ3) is 6.19. The predicted molar refractivity (Wildman–Crippen MR) is 157 cm³/mol. The zero-order valence-corrected chi connectivity index (χ0v) is 23.2. The summed E-state index contributed by atoms with van der Waals surface area (Å²) in [6.45, 7) is 2.09. The lowest BCUT2D eigenvalue weighted by atomic mass is 10.0. The number of aryl methyl sites for hydroxylation is 1. The Hall–Kier alpha value is -5.18. The number of carbonyl (C=O) groups excluding carboxylic acids is 2. The average molecular weight is 550 g/mol. The van der Waals surface area contributed by atoms with Gasteiger partial charge in [-0.25, -0.2) is 4.68 Å². The van der Waals surface area contributed by atoms with Gasteiger partial charge in [-0.3, -0.25) is 9.59 Å². The molecule has 0 bridgehead atoms.